The lowest BCUT2D eigenvalue weighted by atomic mass is 10.1. The van der Waals surface area contributed by atoms with Gasteiger partial charge in [-0.05, 0) is 29.8 Å². The molecule has 0 fully saturated rings. The highest BCUT2D eigenvalue weighted by Crippen LogP contribution is 2.28. The van der Waals surface area contributed by atoms with E-state index in [0.717, 1.165) is 16.7 Å². The number of aromatic amines is 1. The van der Waals surface area contributed by atoms with Crippen molar-refractivity contribution >= 4 is 16.9 Å². The van der Waals surface area contributed by atoms with Crippen LogP contribution in [0.3, 0.4) is 0 Å². The summed E-state index contributed by atoms with van der Waals surface area (Å²) >= 11 is 0. The van der Waals surface area contributed by atoms with Crippen LogP contribution in [0.15, 0.2) is 72.4 Å². The van der Waals surface area contributed by atoms with Gasteiger partial charge < -0.3 is 10.4 Å². The SMILES string of the molecule is Fc1cccc(-c2ccnc3nc(C4=NNCc5ccc(-c6cnccn6)nc54)[nH]c23)c1. The van der Waals surface area contributed by atoms with E-state index in [2.05, 4.69) is 35.4 Å². The molecule has 0 aliphatic carbocycles. The first-order valence-corrected chi connectivity index (χ1v) is 9.94. The van der Waals surface area contributed by atoms with Crippen LogP contribution in [0.5, 0.6) is 0 Å². The number of halogens is 1. The van der Waals surface area contributed by atoms with E-state index >= 15 is 0 Å². The molecule has 154 valence electrons. The van der Waals surface area contributed by atoms with E-state index in [1.54, 1.807) is 30.9 Å². The molecule has 5 heterocycles. The van der Waals surface area contributed by atoms with Crippen LogP contribution >= 0.6 is 0 Å². The van der Waals surface area contributed by atoms with Crippen LogP contribution in [-0.2, 0) is 6.54 Å². The topological polar surface area (TPSA) is 105 Å². The third-order valence-electron chi connectivity index (χ3n) is 5.24. The van der Waals surface area contributed by atoms with E-state index in [0.29, 0.717) is 46.3 Å². The number of H-pyrrole nitrogens is 1. The maximum absolute atomic E-state index is 13.8. The Bertz CT molecular complexity index is 1490. The second kappa shape index (κ2) is 7.31. The zero-order valence-electron chi connectivity index (χ0n) is 16.6. The molecule has 8 nitrogen and oxygen atoms in total. The van der Waals surface area contributed by atoms with Crippen molar-refractivity contribution in [2.45, 2.75) is 6.54 Å². The molecular formula is C23H15FN8. The molecule has 0 saturated carbocycles. The van der Waals surface area contributed by atoms with Crippen LogP contribution in [-0.4, -0.2) is 35.6 Å². The fraction of sp³-hybridized carbons (Fsp3) is 0.0435. The van der Waals surface area contributed by atoms with Crippen LogP contribution in [0.4, 0.5) is 4.39 Å². The predicted octanol–water partition coefficient (Wildman–Crippen LogP) is 3.47. The fourth-order valence-corrected chi connectivity index (χ4v) is 3.75. The smallest absolute Gasteiger partial charge is 0.178 e. The first-order chi connectivity index (χ1) is 15.8. The number of hydrazone groups is 1. The summed E-state index contributed by atoms with van der Waals surface area (Å²) < 4.78 is 13.8. The first-order valence-electron chi connectivity index (χ1n) is 9.94. The Morgan fingerprint density at radius 1 is 0.906 bits per heavy atom. The minimum Gasteiger partial charge on any atom is -0.335 e. The lowest BCUT2D eigenvalue weighted by Crippen LogP contribution is -2.23. The van der Waals surface area contributed by atoms with Crippen molar-refractivity contribution in [3.63, 3.8) is 0 Å². The Hall–Kier alpha value is -4.53. The predicted molar refractivity (Wildman–Crippen MR) is 117 cm³/mol. The number of pyridine rings is 2. The number of benzene rings is 1. The van der Waals surface area contributed by atoms with Gasteiger partial charge in [0.2, 0.25) is 0 Å². The zero-order valence-corrected chi connectivity index (χ0v) is 16.6. The van der Waals surface area contributed by atoms with Gasteiger partial charge in [-0.25, -0.2) is 19.3 Å². The van der Waals surface area contributed by atoms with E-state index < -0.39 is 0 Å². The number of hydrogen-bond donors (Lipinski definition) is 2. The maximum Gasteiger partial charge on any atom is 0.178 e. The van der Waals surface area contributed by atoms with Gasteiger partial charge >= 0.3 is 0 Å². The quantitative estimate of drug-likeness (QED) is 0.461. The molecule has 1 aliphatic rings. The van der Waals surface area contributed by atoms with Gasteiger partial charge in [0.1, 0.15) is 17.2 Å². The monoisotopic (exact) mass is 422 g/mol. The molecule has 0 bridgehead atoms. The molecule has 2 N–H and O–H groups in total. The molecule has 0 saturated heterocycles. The second-order valence-corrected chi connectivity index (χ2v) is 7.24. The lowest BCUT2D eigenvalue weighted by Gasteiger charge is -2.16. The number of fused-ring (bicyclic) bond motifs is 2. The summed E-state index contributed by atoms with van der Waals surface area (Å²) in [7, 11) is 0. The Morgan fingerprint density at radius 2 is 1.88 bits per heavy atom. The molecule has 32 heavy (non-hydrogen) atoms. The van der Waals surface area contributed by atoms with Crippen LogP contribution in [0.2, 0.25) is 0 Å². The maximum atomic E-state index is 13.8. The molecule has 0 radical (unpaired) electrons. The summed E-state index contributed by atoms with van der Waals surface area (Å²) in [5, 5.41) is 4.47. The molecule has 9 heteroatoms. The average molecular weight is 422 g/mol. The Kier molecular flexibility index (Phi) is 4.17. The highest BCUT2D eigenvalue weighted by atomic mass is 19.1. The summed E-state index contributed by atoms with van der Waals surface area (Å²) in [5.74, 6) is 0.219. The summed E-state index contributed by atoms with van der Waals surface area (Å²) in [4.78, 5) is 25.6. The molecule has 4 aromatic heterocycles. The molecule has 1 aromatic carbocycles. The average Bonchev–Trinajstić information content (AvgIpc) is 3.28. The summed E-state index contributed by atoms with van der Waals surface area (Å²) in [6, 6.07) is 12.2. The van der Waals surface area contributed by atoms with Crippen molar-refractivity contribution in [2.75, 3.05) is 0 Å². The van der Waals surface area contributed by atoms with Crippen molar-refractivity contribution < 1.29 is 4.39 Å². The van der Waals surface area contributed by atoms with Crippen molar-refractivity contribution in [1.29, 1.82) is 0 Å². The Morgan fingerprint density at radius 3 is 2.75 bits per heavy atom. The van der Waals surface area contributed by atoms with Crippen LogP contribution in [0.1, 0.15) is 17.1 Å². The minimum absolute atomic E-state index is 0.303. The summed E-state index contributed by atoms with van der Waals surface area (Å²) in [5.41, 5.74) is 9.43. The standard InChI is InChI=1S/C23H15FN8/c24-15-3-1-2-13(10-15)16-6-7-27-22-20(16)30-23(31-22)21-19-14(11-28-32-21)4-5-17(29-19)18-12-25-8-9-26-18/h1-10,12,28H,11H2,(H,27,30,31). The van der Waals surface area contributed by atoms with Gasteiger partial charge in [-0.3, -0.25) is 9.97 Å². The number of nitrogens with one attached hydrogen (secondary N) is 2. The minimum atomic E-state index is -0.303. The number of imidazole rings is 1. The van der Waals surface area contributed by atoms with Gasteiger partial charge in [-0.1, -0.05) is 18.2 Å². The first kappa shape index (κ1) is 18.3. The number of hydrogen-bond acceptors (Lipinski definition) is 7. The van der Waals surface area contributed by atoms with Gasteiger partial charge in [-0.2, -0.15) is 5.10 Å². The van der Waals surface area contributed by atoms with Gasteiger partial charge in [0.15, 0.2) is 17.2 Å². The van der Waals surface area contributed by atoms with Gasteiger partial charge in [-0.15, -0.1) is 0 Å². The number of rotatable bonds is 3. The molecule has 6 rings (SSSR count). The Balaban J connectivity index is 1.48. The molecule has 0 amide bonds. The van der Waals surface area contributed by atoms with E-state index in [1.807, 2.05) is 24.3 Å². The molecule has 0 atom stereocenters. The van der Waals surface area contributed by atoms with Crippen molar-refractivity contribution in [3.05, 3.63) is 90.2 Å². The zero-order chi connectivity index (χ0) is 21.5. The largest absolute Gasteiger partial charge is 0.335 e. The fourth-order valence-electron chi connectivity index (χ4n) is 3.75. The third-order valence-corrected chi connectivity index (χ3v) is 5.24. The lowest BCUT2D eigenvalue weighted by molar-refractivity contribution is 0.628. The molecule has 5 aromatic rings. The molecule has 0 unspecified atom stereocenters. The second-order valence-electron chi connectivity index (χ2n) is 7.24. The van der Waals surface area contributed by atoms with E-state index in [4.69, 9.17) is 4.98 Å². The van der Waals surface area contributed by atoms with E-state index in [1.165, 1.54) is 12.1 Å². The van der Waals surface area contributed by atoms with Gasteiger partial charge in [0, 0.05) is 29.7 Å². The van der Waals surface area contributed by atoms with E-state index in [9.17, 15) is 4.39 Å². The highest BCUT2D eigenvalue weighted by molar-refractivity contribution is 6.12. The van der Waals surface area contributed by atoms with E-state index in [-0.39, 0.29) is 5.82 Å². The van der Waals surface area contributed by atoms with Crippen molar-refractivity contribution in [1.82, 2.24) is 35.3 Å². The molecule has 1 aliphatic heterocycles. The summed E-state index contributed by atoms with van der Waals surface area (Å²) in [6.45, 7) is 0.555. The van der Waals surface area contributed by atoms with Crippen LogP contribution in [0.25, 0.3) is 33.7 Å². The van der Waals surface area contributed by atoms with Gasteiger partial charge in [0.05, 0.1) is 24.0 Å². The van der Waals surface area contributed by atoms with Crippen LogP contribution < -0.4 is 5.43 Å². The molecule has 0 spiro atoms. The van der Waals surface area contributed by atoms with Crippen molar-refractivity contribution in [3.8, 4) is 22.5 Å². The molecular weight excluding hydrogens is 407 g/mol. The number of aromatic nitrogens is 6. The summed E-state index contributed by atoms with van der Waals surface area (Å²) in [6.07, 6.45) is 6.58. The van der Waals surface area contributed by atoms with Gasteiger partial charge in [0.25, 0.3) is 0 Å². The van der Waals surface area contributed by atoms with Crippen molar-refractivity contribution in [2.24, 2.45) is 5.10 Å². The highest BCUT2D eigenvalue weighted by Gasteiger charge is 2.23. The third kappa shape index (κ3) is 3.07. The number of nitrogens with zero attached hydrogens (tertiary/aromatic N) is 6. The normalized spacial score (nSPS) is 12.8. The Labute approximate surface area is 181 Å². The van der Waals surface area contributed by atoms with Crippen LogP contribution in [0, 0.1) is 5.82 Å².